The van der Waals surface area contributed by atoms with E-state index in [0.29, 0.717) is 12.7 Å². The van der Waals surface area contributed by atoms with Gasteiger partial charge in [0.25, 0.3) is 0 Å². The summed E-state index contributed by atoms with van der Waals surface area (Å²) >= 11 is 0. The zero-order chi connectivity index (χ0) is 13.8. The van der Waals surface area contributed by atoms with Crippen LogP contribution in [0.15, 0.2) is 0 Å². The largest absolute Gasteiger partial charge is 0.389 e. The lowest BCUT2D eigenvalue weighted by molar-refractivity contribution is -0.0654. The zero-order valence-corrected chi connectivity index (χ0v) is 12.5. The molecule has 0 aromatic rings. The quantitative estimate of drug-likeness (QED) is 0.835. The topological polar surface area (TPSA) is 41.9 Å². The van der Waals surface area contributed by atoms with Crippen LogP contribution in [0.2, 0.25) is 0 Å². The molecule has 4 heteroatoms. The highest BCUT2D eigenvalue weighted by atomic mass is 16.5. The SMILES string of the molecule is OC(COC1CCOCC1)CN1CCC2CCCCC21. The molecule has 0 spiro atoms. The second-order valence-electron chi connectivity index (χ2n) is 6.69. The Balaban J connectivity index is 1.38. The van der Waals surface area contributed by atoms with E-state index in [1.54, 1.807) is 0 Å². The van der Waals surface area contributed by atoms with E-state index in [4.69, 9.17) is 9.47 Å². The van der Waals surface area contributed by atoms with Gasteiger partial charge in [-0.2, -0.15) is 0 Å². The minimum Gasteiger partial charge on any atom is -0.389 e. The molecule has 116 valence electrons. The van der Waals surface area contributed by atoms with Gasteiger partial charge < -0.3 is 14.6 Å². The van der Waals surface area contributed by atoms with E-state index in [0.717, 1.165) is 44.6 Å². The van der Waals surface area contributed by atoms with Crippen LogP contribution >= 0.6 is 0 Å². The maximum atomic E-state index is 10.2. The van der Waals surface area contributed by atoms with E-state index in [-0.39, 0.29) is 6.10 Å². The summed E-state index contributed by atoms with van der Waals surface area (Å²) in [4.78, 5) is 2.52. The van der Waals surface area contributed by atoms with Crippen LogP contribution in [0.5, 0.6) is 0 Å². The Bertz CT molecular complexity index is 293. The van der Waals surface area contributed by atoms with Gasteiger partial charge >= 0.3 is 0 Å². The molecule has 0 aromatic heterocycles. The van der Waals surface area contributed by atoms with Crippen molar-refractivity contribution in [2.45, 2.75) is 63.2 Å². The number of aliphatic hydroxyl groups is 1. The predicted octanol–water partition coefficient (Wildman–Crippen LogP) is 1.81. The second kappa shape index (κ2) is 7.21. The summed E-state index contributed by atoms with van der Waals surface area (Å²) < 4.78 is 11.2. The molecular weight excluding hydrogens is 254 g/mol. The van der Waals surface area contributed by atoms with Gasteiger partial charge in [0.15, 0.2) is 0 Å². The van der Waals surface area contributed by atoms with Crippen LogP contribution in [0.25, 0.3) is 0 Å². The molecule has 0 aromatic carbocycles. The summed E-state index contributed by atoms with van der Waals surface area (Å²) in [5.41, 5.74) is 0. The molecule has 3 atom stereocenters. The number of hydrogen-bond donors (Lipinski definition) is 1. The highest BCUT2D eigenvalue weighted by molar-refractivity contribution is 4.90. The lowest BCUT2D eigenvalue weighted by atomic mass is 9.85. The van der Waals surface area contributed by atoms with Crippen LogP contribution in [0, 0.1) is 5.92 Å². The highest BCUT2D eigenvalue weighted by Gasteiger charge is 2.36. The van der Waals surface area contributed by atoms with Crippen LogP contribution < -0.4 is 0 Å². The van der Waals surface area contributed by atoms with Gasteiger partial charge in [0.2, 0.25) is 0 Å². The molecule has 1 aliphatic carbocycles. The molecular formula is C16H29NO3. The number of aliphatic hydroxyl groups excluding tert-OH is 1. The summed E-state index contributed by atoms with van der Waals surface area (Å²) in [6, 6.07) is 0.737. The molecule has 3 fully saturated rings. The monoisotopic (exact) mass is 283 g/mol. The smallest absolute Gasteiger partial charge is 0.0900 e. The Kier molecular flexibility index (Phi) is 5.32. The Hall–Kier alpha value is -0.160. The first-order valence-electron chi connectivity index (χ1n) is 8.44. The first-order chi connectivity index (χ1) is 9.83. The molecule has 20 heavy (non-hydrogen) atoms. The molecule has 2 heterocycles. The van der Waals surface area contributed by atoms with Crippen LogP contribution in [-0.2, 0) is 9.47 Å². The number of ether oxygens (including phenoxy) is 2. The summed E-state index contributed by atoms with van der Waals surface area (Å²) in [7, 11) is 0. The lowest BCUT2D eigenvalue weighted by Crippen LogP contribution is -2.41. The Labute approximate surface area is 122 Å². The van der Waals surface area contributed by atoms with Crippen molar-refractivity contribution in [2.75, 3.05) is 32.9 Å². The predicted molar refractivity (Wildman–Crippen MR) is 77.7 cm³/mol. The van der Waals surface area contributed by atoms with E-state index in [1.807, 2.05) is 0 Å². The van der Waals surface area contributed by atoms with Crippen molar-refractivity contribution in [3.05, 3.63) is 0 Å². The van der Waals surface area contributed by atoms with E-state index >= 15 is 0 Å². The summed E-state index contributed by atoms with van der Waals surface area (Å²) in [6.07, 6.45) is 8.74. The molecule has 2 aliphatic heterocycles. The Morgan fingerprint density at radius 1 is 1.10 bits per heavy atom. The average Bonchev–Trinajstić information content (AvgIpc) is 2.90. The molecule has 0 bridgehead atoms. The van der Waals surface area contributed by atoms with Gasteiger partial charge in [-0.25, -0.2) is 0 Å². The van der Waals surface area contributed by atoms with Crippen LogP contribution in [0.1, 0.15) is 44.9 Å². The third kappa shape index (κ3) is 3.73. The third-order valence-corrected chi connectivity index (χ3v) is 5.26. The van der Waals surface area contributed by atoms with Gasteiger partial charge in [-0.1, -0.05) is 12.8 Å². The molecule has 0 amide bonds. The fourth-order valence-electron chi connectivity index (χ4n) is 4.14. The fourth-order valence-corrected chi connectivity index (χ4v) is 4.14. The molecule has 3 rings (SSSR count). The number of likely N-dealkylation sites (tertiary alicyclic amines) is 1. The van der Waals surface area contributed by atoms with Gasteiger partial charge in [0.1, 0.15) is 0 Å². The maximum absolute atomic E-state index is 10.2. The third-order valence-electron chi connectivity index (χ3n) is 5.26. The summed E-state index contributed by atoms with van der Waals surface area (Å²) in [5.74, 6) is 0.896. The average molecular weight is 283 g/mol. The van der Waals surface area contributed by atoms with Gasteiger partial charge in [0.05, 0.1) is 18.8 Å². The van der Waals surface area contributed by atoms with Crippen molar-refractivity contribution in [3.63, 3.8) is 0 Å². The van der Waals surface area contributed by atoms with Crippen LogP contribution in [-0.4, -0.2) is 61.2 Å². The normalized spacial score (nSPS) is 34.0. The fraction of sp³-hybridized carbons (Fsp3) is 1.00. The number of rotatable bonds is 5. The molecule has 1 N–H and O–H groups in total. The first-order valence-corrected chi connectivity index (χ1v) is 8.44. The molecule has 4 nitrogen and oxygen atoms in total. The van der Waals surface area contributed by atoms with Crippen LogP contribution in [0.3, 0.4) is 0 Å². The number of hydrogen-bond acceptors (Lipinski definition) is 4. The van der Waals surface area contributed by atoms with E-state index < -0.39 is 0 Å². The Morgan fingerprint density at radius 3 is 2.75 bits per heavy atom. The van der Waals surface area contributed by atoms with Gasteiger partial charge in [-0.15, -0.1) is 0 Å². The van der Waals surface area contributed by atoms with Crippen LogP contribution in [0.4, 0.5) is 0 Å². The molecule has 2 saturated heterocycles. The minimum absolute atomic E-state index is 0.291. The standard InChI is InChI=1S/C16H29NO3/c18-14(12-20-15-6-9-19-10-7-15)11-17-8-5-13-3-1-2-4-16(13)17/h13-16,18H,1-12H2. The van der Waals surface area contributed by atoms with Gasteiger partial charge in [-0.05, 0) is 44.6 Å². The van der Waals surface area contributed by atoms with Crippen molar-refractivity contribution in [1.29, 1.82) is 0 Å². The number of β-amino-alcohol motifs (C(OH)–C–C–N with tert-alkyl or cyclic N) is 1. The van der Waals surface area contributed by atoms with E-state index in [2.05, 4.69) is 4.90 Å². The molecule has 0 radical (unpaired) electrons. The van der Waals surface area contributed by atoms with Crippen molar-refractivity contribution >= 4 is 0 Å². The minimum atomic E-state index is -0.335. The van der Waals surface area contributed by atoms with Gasteiger partial charge in [-0.3, -0.25) is 4.90 Å². The second-order valence-corrected chi connectivity index (χ2v) is 6.69. The van der Waals surface area contributed by atoms with Crippen molar-refractivity contribution in [2.24, 2.45) is 5.92 Å². The van der Waals surface area contributed by atoms with Crippen molar-refractivity contribution in [3.8, 4) is 0 Å². The maximum Gasteiger partial charge on any atom is 0.0900 e. The van der Waals surface area contributed by atoms with Crippen molar-refractivity contribution in [1.82, 2.24) is 4.90 Å². The summed E-state index contributed by atoms with van der Waals surface area (Å²) in [6.45, 7) is 4.06. The molecule has 1 saturated carbocycles. The highest BCUT2D eigenvalue weighted by Crippen LogP contribution is 2.36. The first kappa shape index (κ1) is 14.8. The number of fused-ring (bicyclic) bond motifs is 1. The van der Waals surface area contributed by atoms with Gasteiger partial charge in [0, 0.05) is 25.8 Å². The van der Waals surface area contributed by atoms with E-state index in [9.17, 15) is 5.11 Å². The van der Waals surface area contributed by atoms with Crippen molar-refractivity contribution < 1.29 is 14.6 Å². The van der Waals surface area contributed by atoms with E-state index in [1.165, 1.54) is 38.6 Å². The lowest BCUT2D eigenvalue weighted by Gasteiger charge is -2.33. The number of nitrogens with zero attached hydrogens (tertiary/aromatic N) is 1. The molecule has 3 unspecified atom stereocenters. The Morgan fingerprint density at radius 2 is 1.90 bits per heavy atom. The summed E-state index contributed by atoms with van der Waals surface area (Å²) in [5, 5.41) is 10.2. The zero-order valence-electron chi connectivity index (χ0n) is 12.5. The molecule has 3 aliphatic rings.